The molecule has 1 N–H and O–H groups in total. The van der Waals surface area contributed by atoms with Crippen LogP contribution < -0.4 is 5.32 Å². The van der Waals surface area contributed by atoms with Gasteiger partial charge in [0.25, 0.3) is 0 Å². The summed E-state index contributed by atoms with van der Waals surface area (Å²) in [5.74, 6) is -0.355. The van der Waals surface area contributed by atoms with Gasteiger partial charge in [0.1, 0.15) is 0 Å². The molecule has 0 saturated carbocycles. The van der Waals surface area contributed by atoms with Crippen LogP contribution >= 0.6 is 0 Å². The Morgan fingerprint density at radius 1 is 1.50 bits per heavy atom. The van der Waals surface area contributed by atoms with Crippen molar-refractivity contribution < 1.29 is 14.3 Å². The average Bonchev–Trinajstić information content (AvgIpc) is 2.52. The Balaban J connectivity index is 1.67. The predicted molar refractivity (Wildman–Crippen MR) is 75.5 cm³/mol. The molecule has 2 rings (SSSR count). The summed E-state index contributed by atoms with van der Waals surface area (Å²) in [7, 11) is 1.37. The van der Waals surface area contributed by atoms with E-state index in [0.29, 0.717) is 18.2 Å². The largest absolute Gasteiger partial charge is 0.465 e. The van der Waals surface area contributed by atoms with Crippen molar-refractivity contribution in [2.45, 2.75) is 38.3 Å². The average molecular weight is 278 g/mol. The van der Waals surface area contributed by atoms with Crippen LogP contribution in [0.4, 0.5) is 0 Å². The third kappa shape index (κ3) is 4.58. The van der Waals surface area contributed by atoms with Crippen molar-refractivity contribution >= 4 is 5.97 Å². The fraction of sp³-hybridized carbons (Fsp3) is 0.600. The molecule has 110 valence electrons. The van der Waals surface area contributed by atoms with Crippen molar-refractivity contribution in [2.75, 3.05) is 20.3 Å². The number of hydrogen-bond donors (Lipinski definition) is 1. The van der Waals surface area contributed by atoms with Gasteiger partial charge < -0.3 is 14.8 Å². The number of pyridine rings is 1. The van der Waals surface area contributed by atoms with Gasteiger partial charge in [0, 0.05) is 19.3 Å². The second-order valence-corrected chi connectivity index (χ2v) is 4.98. The van der Waals surface area contributed by atoms with Crippen molar-refractivity contribution in [1.82, 2.24) is 10.3 Å². The van der Waals surface area contributed by atoms with Crippen LogP contribution in [0.2, 0.25) is 0 Å². The normalized spacial score (nSPS) is 18.8. The molecule has 5 nitrogen and oxygen atoms in total. The maximum atomic E-state index is 11.3. The highest BCUT2D eigenvalue weighted by Gasteiger charge is 2.12. The minimum Gasteiger partial charge on any atom is -0.465 e. The standard InChI is InChI=1S/C15H22N2O3/c1-19-15(18)12-5-6-13(17-10-12)11-16-8-7-14-4-2-3-9-20-14/h5-6,10,14,16H,2-4,7-9,11H2,1H3. The number of methoxy groups -OCH3 is 1. The van der Waals surface area contributed by atoms with Gasteiger partial charge in [-0.25, -0.2) is 4.79 Å². The smallest absolute Gasteiger partial charge is 0.339 e. The summed E-state index contributed by atoms with van der Waals surface area (Å²) in [6.07, 6.45) is 6.65. The first-order valence-corrected chi connectivity index (χ1v) is 7.15. The van der Waals surface area contributed by atoms with Gasteiger partial charge in [0.2, 0.25) is 0 Å². The lowest BCUT2D eigenvalue weighted by molar-refractivity contribution is 0.0115. The van der Waals surface area contributed by atoms with E-state index in [4.69, 9.17) is 4.74 Å². The summed E-state index contributed by atoms with van der Waals surface area (Å²) in [4.78, 5) is 15.5. The molecule has 0 radical (unpaired) electrons. The van der Waals surface area contributed by atoms with Crippen molar-refractivity contribution in [3.63, 3.8) is 0 Å². The Labute approximate surface area is 119 Å². The van der Waals surface area contributed by atoms with Crippen molar-refractivity contribution in [3.8, 4) is 0 Å². The third-order valence-corrected chi connectivity index (χ3v) is 3.47. The number of carbonyl (C=O) groups is 1. The Hall–Kier alpha value is -1.46. The molecule has 0 bridgehead atoms. The SMILES string of the molecule is COC(=O)c1ccc(CNCCC2CCCCO2)nc1. The Bertz CT molecular complexity index is 414. The quantitative estimate of drug-likeness (QED) is 0.636. The molecule has 0 amide bonds. The van der Waals surface area contributed by atoms with E-state index in [2.05, 4.69) is 15.0 Å². The van der Waals surface area contributed by atoms with Crippen LogP contribution in [0.5, 0.6) is 0 Å². The number of aromatic nitrogens is 1. The van der Waals surface area contributed by atoms with Crippen LogP contribution in [0, 0.1) is 0 Å². The fourth-order valence-corrected chi connectivity index (χ4v) is 2.28. The highest BCUT2D eigenvalue weighted by atomic mass is 16.5. The molecule has 1 aliphatic heterocycles. The number of hydrogen-bond acceptors (Lipinski definition) is 5. The van der Waals surface area contributed by atoms with Gasteiger partial charge in [-0.3, -0.25) is 4.98 Å². The molecule has 1 atom stereocenters. The fourth-order valence-electron chi connectivity index (χ4n) is 2.28. The van der Waals surface area contributed by atoms with Crippen molar-refractivity contribution in [3.05, 3.63) is 29.6 Å². The van der Waals surface area contributed by atoms with Gasteiger partial charge in [-0.05, 0) is 44.4 Å². The lowest BCUT2D eigenvalue weighted by Crippen LogP contribution is -2.25. The van der Waals surface area contributed by atoms with Crippen LogP contribution in [-0.4, -0.2) is 37.3 Å². The molecule has 0 spiro atoms. The third-order valence-electron chi connectivity index (χ3n) is 3.47. The number of nitrogens with zero attached hydrogens (tertiary/aromatic N) is 1. The molecular formula is C15H22N2O3. The Morgan fingerprint density at radius 3 is 3.05 bits per heavy atom. The first kappa shape index (κ1) is 14.9. The minimum atomic E-state index is -0.355. The van der Waals surface area contributed by atoms with Crippen molar-refractivity contribution in [2.24, 2.45) is 0 Å². The van der Waals surface area contributed by atoms with Gasteiger partial charge in [0.15, 0.2) is 0 Å². The molecule has 5 heteroatoms. The van der Waals surface area contributed by atoms with Crippen LogP contribution in [0.25, 0.3) is 0 Å². The van der Waals surface area contributed by atoms with Crippen LogP contribution in [0.15, 0.2) is 18.3 Å². The first-order valence-electron chi connectivity index (χ1n) is 7.15. The van der Waals surface area contributed by atoms with Crippen LogP contribution in [-0.2, 0) is 16.0 Å². The molecule has 0 aliphatic carbocycles. The number of ether oxygens (including phenoxy) is 2. The summed E-state index contributed by atoms with van der Waals surface area (Å²) in [6, 6.07) is 3.58. The van der Waals surface area contributed by atoms with E-state index >= 15 is 0 Å². The number of nitrogens with one attached hydrogen (secondary N) is 1. The monoisotopic (exact) mass is 278 g/mol. The maximum absolute atomic E-state index is 11.3. The van der Waals surface area contributed by atoms with Gasteiger partial charge >= 0.3 is 5.97 Å². The molecule has 2 heterocycles. The summed E-state index contributed by atoms with van der Waals surface area (Å²) in [6.45, 7) is 2.53. The Morgan fingerprint density at radius 2 is 2.40 bits per heavy atom. The topological polar surface area (TPSA) is 60.5 Å². The highest BCUT2D eigenvalue weighted by Crippen LogP contribution is 2.14. The zero-order chi connectivity index (χ0) is 14.2. The maximum Gasteiger partial charge on any atom is 0.339 e. The van der Waals surface area contributed by atoms with E-state index in [1.54, 1.807) is 12.3 Å². The van der Waals surface area contributed by atoms with Gasteiger partial charge in [-0.2, -0.15) is 0 Å². The Kier molecular flexibility index (Phi) is 5.95. The van der Waals surface area contributed by atoms with Gasteiger partial charge in [-0.1, -0.05) is 0 Å². The van der Waals surface area contributed by atoms with E-state index in [1.807, 2.05) is 6.07 Å². The molecule has 1 aromatic heterocycles. The van der Waals surface area contributed by atoms with Crippen LogP contribution in [0.1, 0.15) is 41.7 Å². The van der Waals surface area contributed by atoms with Gasteiger partial charge in [-0.15, -0.1) is 0 Å². The number of rotatable bonds is 6. The second kappa shape index (κ2) is 7.97. The summed E-state index contributed by atoms with van der Waals surface area (Å²) < 4.78 is 10.3. The van der Waals surface area contributed by atoms with E-state index in [-0.39, 0.29) is 5.97 Å². The molecule has 1 fully saturated rings. The molecule has 1 saturated heterocycles. The van der Waals surface area contributed by atoms with Gasteiger partial charge in [0.05, 0.1) is 24.5 Å². The minimum absolute atomic E-state index is 0.355. The molecule has 0 aromatic carbocycles. The second-order valence-electron chi connectivity index (χ2n) is 4.98. The molecule has 1 aliphatic rings. The van der Waals surface area contributed by atoms with E-state index in [9.17, 15) is 4.79 Å². The number of esters is 1. The van der Waals surface area contributed by atoms with E-state index in [0.717, 1.165) is 25.3 Å². The lowest BCUT2D eigenvalue weighted by atomic mass is 10.1. The molecule has 1 unspecified atom stereocenters. The first-order chi connectivity index (χ1) is 9.79. The number of carbonyl (C=O) groups excluding carboxylic acids is 1. The zero-order valence-corrected chi connectivity index (χ0v) is 11.9. The lowest BCUT2D eigenvalue weighted by Gasteiger charge is -2.22. The van der Waals surface area contributed by atoms with E-state index in [1.165, 1.54) is 26.4 Å². The zero-order valence-electron chi connectivity index (χ0n) is 11.9. The molecule has 1 aromatic rings. The summed E-state index contributed by atoms with van der Waals surface area (Å²) in [5.41, 5.74) is 1.40. The summed E-state index contributed by atoms with van der Waals surface area (Å²) >= 11 is 0. The molecular weight excluding hydrogens is 256 g/mol. The van der Waals surface area contributed by atoms with Crippen molar-refractivity contribution in [1.29, 1.82) is 0 Å². The highest BCUT2D eigenvalue weighted by molar-refractivity contribution is 5.88. The molecule has 20 heavy (non-hydrogen) atoms. The predicted octanol–water partition coefficient (Wildman–Crippen LogP) is 1.92. The summed E-state index contributed by atoms with van der Waals surface area (Å²) in [5, 5.41) is 3.35. The van der Waals surface area contributed by atoms with E-state index < -0.39 is 0 Å². The van der Waals surface area contributed by atoms with Crippen LogP contribution in [0.3, 0.4) is 0 Å².